The Kier molecular flexibility index (Phi) is 6.94. The van der Waals surface area contributed by atoms with Crippen molar-refractivity contribution < 1.29 is 38.0 Å². The molecule has 6 rings (SSSR count). The highest BCUT2D eigenvalue weighted by molar-refractivity contribution is 6.09. The molecule has 0 aliphatic carbocycles. The van der Waals surface area contributed by atoms with Gasteiger partial charge >= 0.3 is 5.97 Å². The minimum atomic E-state index is -0.408. The average Bonchev–Trinajstić information content (AvgIpc) is 3.36. The van der Waals surface area contributed by atoms with Crippen LogP contribution in [-0.2, 0) is 18.0 Å². The number of cyclic esters (lactones) is 1. The Morgan fingerprint density at radius 2 is 1.60 bits per heavy atom. The Morgan fingerprint density at radius 1 is 0.800 bits per heavy atom. The zero-order chi connectivity index (χ0) is 27.6. The molecule has 2 aliphatic rings. The fraction of sp³-hybridized carbons (Fsp3) is 0.290. The molecule has 0 atom stereocenters. The van der Waals surface area contributed by atoms with E-state index in [1.807, 2.05) is 48.5 Å². The number of hydrogen-bond donors (Lipinski definition) is 0. The molecule has 0 saturated carbocycles. The number of carbonyl (C=O) groups excluding carboxylic acids is 1. The van der Waals surface area contributed by atoms with Gasteiger partial charge in [-0.15, -0.1) is 0 Å². The van der Waals surface area contributed by atoms with E-state index < -0.39 is 5.97 Å². The Bertz CT molecular complexity index is 1600. The summed E-state index contributed by atoms with van der Waals surface area (Å²) in [4.78, 5) is 17.6. The van der Waals surface area contributed by atoms with Crippen molar-refractivity contribution >= 4 is 16.9 Å². The highest BCUT2D eigenvalue weighted by Gasteiger charge is 2.30. The van der Waals surface area contributed by atoms with Crippen molar-refractivity contribution in [3.05, 3.63) is 65.4 Å². The molecular formula is C31H29NO8. The van der Waals surface area contributed by atoms with Crippen molar-refractivity contribution in [2.24, 2.45) is 0 Å². The quantitative estimate of drug-likeness (QED) is 0.245. The van der Waals surface area contributed by atoms with E-state index in [0.29, 0.717) is 76.7 Å². The lowest BCUT2D eigenvalue weighted by atomic mass is 9.94. The largest absolute Gasteiger partial charge is 0.493 e. The number of nitrogens with zero attached hydrogens (tertiary/aromatic N) is 1. The van der Waals surface area contributed by atoms with E-state index in [0.717, 1.165) is 22.9 Å². The topological polar surface area (TPSA) is 94.6 Å². The van der Waals surface area contributed by atoms with Crippen molar-refractivity contribution in [1.82, 2.24) is 4.98 Å². The Morgan fingerprint density at radius 3 is 2.40 bits per heavy atom. The van der Waals surface area contributed by atoms with Crippen molar-refractivity contribution in [3.63, 3.8) is 0 Å². The predicted octanol–water partition coefficient (Wildman–Crippen LogP) is 5.73. The number of ether oxygens (including phenoxy) is 7. The van der Waals surface area contributed by atoms with Crippen LogP contribution in [0.1, 0.15) is 35.0 Å². The second-order valence-electron chi connectivity index (χ2n) is 9.39. The van der Waals surface area contributed by atoms with Crippen molar-refractivity contribution in [3.8, 4) is 45.6 Å². The van der Waals surface area contributed by atoms with Gasteiger partial charge in [-0.25, -0.2) is 9.78 Å². The highest BCUT2D eigenvalue weighted by atomic mass is 16.6. The number of pyridine rings is 1. The van der Waals surface area contributed by atoms with Crippen LogP contribution in [-0.4, -0.2) is 45.0 Å². The van der Waals surface area contributed by atoms with Gasteiger partial charge in [-0.05, 0) is 47.9 Å². The first-order valence-electron chi connectivity index (χ1n) is 13.1. The molecular weight excluding hydrogens is 514 g/mol. The van der Waals surface area contributed by atoms with E-state index in [-0.39, 0.29) is 13.2 Å². The third-order valence-electron chi connectivity index (χ3n) is 6.80. The molecule has 3 aromatic carbocycles. The van der Waals surface area contributed by atoms with Gasteiger partial charge in [0.05, 0.1) is 37.6 Å². The number of methoxy groups -OCH3 is 2. The van der Waals surface area contributed by atoms with Crippen LogP contribution in [0.25, 0.3) is 22.0 Å². The Labute approximate surface area is 231 Å². The number of fused-ring (bicyclic) bond motifs is 3. The number of carbonyl (C=O) groups is 1. The second kappa shape index (κ2) is 10.8. The summed E-state index contributed by atoms with van der Waals surface area (Å²) in [5.41, 5.74) is 4.07. The van der Waals surface area contributed by atoms with Crippen molar-refractivity contribution in [2.75, 3.05) is 34.0 Å². The maximum absolute atomic E-state index is 12.8. The highest BCUT2D eigenvalue weighted by Crippen LogP contribution is 2.43. The molecule has 0 bridgehead atoms. The van der Waals surface area contributed by atoms with Crippen LogP contribution in [0.15, 0.2) is 48.5 Å². The number of esters is 1. The molecule has 0 fully saturated rings. The van der Waals surface area contributed by atoms with E-state index in [9.17, 15) is 4.79 Å². The zero-order valence-electron chi connectivity index (χ0n) is 22.6. The van der Waals surface area contributed by atoms with Crippen molar-refractivity contribution in [2.45, 2.75) is 26.6 Å². The second-order valence-corrected chi connectivity index (χ2v) is 9.39. The summed E-state index contributed by atoms with van der Waals surface area (Å²) in [6, 6.07) is 15.0. The summed E-state index contributed by atoms with van der Waals surface area (Å²) in [5.74, 6) is 3.25. The summed E-state index contributed by atoms with van der Waals surface area (Å²) in [7, 11) is 3.19. The molecule has 2 aliphatic heterocycles. The summed E-state index contributed by atoms with van der Waals surface area (Å²) < 4.78 is 40.1. The summed E-state index contributed by atoms with van der Waals surface area (Å²) in [6.45, 7) is 4.00. The molecule has 3 heterocycles. The first kappa shape index (κ1) is 25.6. The van der Waals surface area contributed by atoms with Crippen LogP contribution >= 0.6 is 0 Å². The van der Waals surface area contributed by atoms with E-state index >= 15 is 0 Å². The number of benzene rings is 3. The molecule has 0 radical (unpaired) electrons. The van der Waals surface area contributed by atoms with Crippen LogP contribution in [0.4, 0.5) is 0 Å². The predicted molar refractivity (Wildman–Crippen MR) is 147 cm³/mol. The van der Waals surface area contributed by atoms with Crippen LogP contribution in [0.3, 0.4) is 0 Å². The van der Waals surface area contributed by atoms with Gasteiger partial charge in [-0.2, -0.15) is 0 Å². The maximum Gasteiger partial charge on any atom is 0.341 e. The van der Waals surface area contributed by atoms with Gasteiger partial charge in [0.15, 0.2) is 34.5 Å². The SMILES string of the molecule is CCCOc1ccc(COc2cc3nc4c(c(-c5ccc6c(c5)OCCO6)c3cc2OC)C(=O)OC4)cc1OC. The fourth-order valence-electron chi connectivity index (χ4n) is 4.92. The standard InChI is InChI=1S/C31H29NO8/c1-4-9-36-23-7-5-18(12-25(23)34-2)16-39-28-15-21-20(14-26(28)35-3)29(30-22(32-21)17-40-31(30)33)19-6-8-24-27(13-19)38-11-10-37-24/h5-8,12-15H,4,9-11,16-17H2,1-3H3. The van der Waals surface area contributed by atoms with E-state index in [2.05, 4.69) is 6.92 Å². The number of aromatic nitrogens is 1. The van der Waals surface area contributed by atoms with Gasteiger partial charge in [-0.3, -0.25) is 0 Å². The first-order valence-corrected chi connectivity index (χ1v) is 13.1. The van der Waals surface area contributed by atoms with Gasteiger partial charge in [0.2, 0.25) is 0 Å². The molecule has 206 valence electrons. The lowest BCUT2D eigenvalue weighted by Gasteiger charge is -2.20. The lowest BCUT2D eigenvalue weighted by Crippen LogP contribution is -2.15. The maximum atomic E-state index is 12.8. The molecule has 9 heteroatoms. The van der Waals surface area contributed by atoms with Gasteiger partial charge < -0.3 is 33.2 Å². The monoisotopic (exact) mass is 543 g/mol. The fourth-order valence-corrected chi connectivity index (χ4v) is 4.92. The third-order valence-corrected chi connectivity index (χ3v) is 6.80. The molecule has 0 unspecified atom stereocenters. The molecule has 0 saturated heterocycles. The van der Waals surface area contributed by atoms with Gasteiger partial charge in [0, 0.05) is 17.0 Å². The summed E-state index contributed by atoms with van der Waals surface area (Å²) >= 11 is 0. The molecule has 0 spiro atoms. The van der Waals surface area contributed by atoms with Gasteiger partial charge in [0.1, 0.15) is 26.4 Å². The Balaban J connectivity index is 1.39. The number of hydrogen-bond acceptors (Lipinski definition) is 9. The molecule has 0 N–H and O–H groups in total. The smallest absolute Gasteiger partial charge is 0.341 e. The van der Waals surface area contributed by atoms with Crippen LogP contribution in [0.2, 0.25) is 0 Å². The Hall–Kier alpha value is -4.66. The third kappa shape index (κ3) is 4.68. The lowest BCUT2D eigenvalue weighted by molar-refractivity contribution is 0.0534. The van der Waals surface area contributed by atoms with Gasteiger partial charge in [0.25, 0.3) is 0 Å². The molecule has 4 aromatic rings. The molecule has 0 amide bonds. The molecule has 40 heavy (non-hydrogen) atoms. The normalized spacial score (nSPS) is 13.5. The summed E-state index contributed by atoms with van der Waals surface area (Å²) in [6.07, 6.45) is 0.906. The first-order chi connectivity index (χ1) is 19.6. The van der Waals surface area contributed by atoms with Gasteiger partial charge in [-0.1, -0.05) is 19.1 Å². The van der Waals surface area contributed by atoms with Crippen LogP contribution in [0, 0.1) is 0 Å². The zero-order valence-corrected chi connectivity index (χ0v) is 22.6. The van der Waals surface area contributed by atoms with Crippen molar-refractivity contribution in [1.29, 1.82) is 0 Å². The minimum absolute atomic E-state index is 0.107. The molecule has 1 aromatic heterocycles. The van der Waals surface area contributed by atoms with E-state index in [1.54, 1.807) is 14.2 Å². The minimum Gasteiger partial charge on any atom is -0.493 e. The summed E-state index contributed by atoms with van der Waals surface area (Å²) in [5, 5.41) is 0.734. The number of rotatable bonds is 9. The van der Waals surface area contributed by atoms with Crippen LogP contribution in [0.5, 0.6) is 34.5 Å². The van der Waals surface area contributed by atoms with E-state index in [4.69, 9.17) is 38.1 Å². The average molecular weight is 544 g/mol. The van der Waals surface area contributed by atoms with E-state index in [1.165, 1.54) is 0 Å². The molecule has 9 nitrogen and oxygen atoms in total. The van der Waals surface area contributed by atoms with Crippen LogP contribution < -0.4 is 28.4 Å².